The third-order valence-corrected chi connectivity index (χ3v) is 4.43. The van der Waals surface area contributed by atoms with Gasteiger partial charge in [-0.25, -0.2) is 8.42 Å². The third-order valence-electron chi connectivity index (χ3n) is 2.77. The molecule has 1 aliphatic rings. The minimum atomic E-state index is -3.68. The van der Waals surface area contributed by atoms with Crippen molar-refractivity contribution >= 4 is 21.3 Å². The average molecular weight is 269 g/mol. The van der Waals surface area contributed by atoms with Crippen molar-refractivity contribution in [1.29, 1.82) is 0 Å². The molecule has 0 heterocycles. The minimum Gasteiger partial charge on any atom is -0.298 e. The van der Waals surface area contributed by atoms with Crippen LogP contribution in [0.5, 0.6) is 0 Å². The van der Waals surface area contributed by atoms with E-state index in [1.165, 1.54) is 0 Å². The molecule has 0 aromatic heterocycles. The molecule has 1 saturated carbocycles. The molecule has 0 aliphatic heterocycles. The number of nitro benzene ring substituents is 1. The summed E-state index contributed by atoms with van der Waals surface area (Å²) in [6.45, 7) is 0. The molecular weight excluding hydrogens is 258 g/mol. The summed E-state index contributed by atoms with van der Waals surface area (Å²) < 4.78 is 23.7. The average Bonchev–Trinajstić information content (AvgIpc) is 3.12. The van der Waals surface area contributed by atoms with Gasteiger partial charge in [-0.15, -0.1) is 0 Å². The number of sulfone groups is 1. The summed E-state index contributed by atoms with van der Waals surface area (Å²) in [5.41, 5.74) is -0.178. The molecule has 7 heteroatoms. The highest BCUT2D eigenvalue weighted by molar-refractivity contribution is 7.92. The minimum absolute atomic E-state index is 0.0536. The van der Waals surface area contributed by atoms with Crippen molar-refractivity contribution in [3.8, 4) is 0 Å². The standard InChI is InChI=1S/C11H11NO5S/c13-11(8-1-2-8)7-18(16,17)10-5-3-9(4-6-10)12(14)15/h3-6,8H,1-2,7H2. The van der Waals surface area contributed by atoms with Crippen LogP contribution in [0.1, 0.15) is 12.8 Å². The first-order chi connectivity index (χ1) is 8.40. The Morgan fingerprint density at radius 1 is 1.28 bits per heavy atom. The molecule has 6 nitrogen and oxygen atoms in total. The van der Waals surface area contributed by atoms with E-state index in [0.29, 0.717) is 0 Å². The van der Waals surface area contributed by atoms with Gasteiger partial charge in [-0.1, -0.05) is 0 Å². The van der Waals surface area contributed by atoms with Gasteiger partial charge in [-0.3, -0.25) is 14.9 Å². The maximum absolute atomic E-state index is 11.9. The Kier molecular flexibility index (Phi) is 3.16. The molecule has 96 valence electrons. The van der Waals surface area contributed by atoms with Crippen molar-refractivity contribution in [3.63, 3.8) is 0 Å². The Morgan fingerprint density at radius 3 is 2.28 bits per heavy atom. The van der Waals surface area contributed by atoms with Crippen molar-refractivity contribution in [2.75, 3.05) is 5.75 Å². The molecule has 1 aliphatic carbocycles. The van der Waals surface area contributed by atoms with Crippen LogP contribution in [-0.4, -0.2) is 24.9 Å². The number of non-ortho nitro benzene ring substituents is 1. The highest BCUT2D eigenvalue weighted by atomic mass is 32.2. The second kappa shape index (κ2) is 4.49. The molecule has 0 radical (unpaired) electrons. The lowest BCUT2D eigenvalue weighted by Crippen LogP contribution is -2.17. The van der Waals surface area contributed by atoms with Gasteiger partial charge in [-0.05, 0) is 25.0 Å². The van der Waals surface area contributed by atoms with Crippen molar-refractivity contribution < 1.29 is 18.1 Å². The highest BCUT2D eigenvalue weighted by Gasteiger charge is 2.33. The zero-order chi connectivity index (χ0) is 13.3. The smallest absolute Gasteiger partial charge is 0.269 e. The molecule has 2 rings (SSSR count). The number of carbonyl (C=O) groups excluding carboxylic acids is 1. The van der Waals surface area contributed by atoms with E-state index in [-0.39, 0.29) is 22.3 Å². The van der Waals surface area contributed by atoms with E-state index in [9.17, 15) is 23.3 Å². The van der Waals surface area contributed by atoms with Crippen molar-refractivity contribution in [2.45, 2.75) is 17.7 Å². The molecular formula is C11H11NO5S. The number of Topliss-reactive ketones (excluding diaryl/α,β-unsaturated/α-hetero) is 1. The van der Waals surface area contributed by atoms with Crippen LogP contribution in [-0.2, 0) is 14.6 Å². The number of carbonyl (C=O) groups is 1. The second-order valence-electron chi connectivity index (χ2n) is 4.25. The van der Waals surface area contributed by atoms with Gasteiger partial charge >= 0.3 is 0 Å². The lowest BCUT2D eigenvalue weighted by Gasteiger charge is -2.02. The highest BCUT2D eigenvalue weighted by Crippen LogP contribution is 2.31. The summed E-state index contributed by atoms with van der Waals surface area (Å²) in [4.78, 5) is 21.3. The fourth-order valence-corrected chi connectivity index (χ4v) is 2.90. The summed E-state index contributed by atoms with van der Waals surface area (Å²) in [6.07, 6.45) is 1.52. The first-order valence-corrected chi connectivity index (χ1v) is 7.05. The van der Waals surface area contributed by atoms with E-state index in [1.807, 2.05) is 0 Å². The lowest BCUT2D eigenvalue weighted by molar-refractivity contribution is -0.384. The Balaban J connectivity index is 2.18. The van der Waals surface area contributed by atoms with Crippen LogP contribution in [0.25, 0.3) is 0 Å². The Bertz CT molecular complexity index is 586. The van der Waals surface area contributed by atoms with Gasteiger partial charge in [0.05, 0.1) is 9.82 Å². The van der Waals surface area contributed by atoms with Gasteiger partial charge in [0.1, 0.15) is 5.75 Å². The fourth-order valence-electron chi connectivity index (χ4n) is 1.57. The van der Waals surface area contributed by atoms with Gasteiger partial charge in [0, 0.05) is 18.1 Å². The Morgan fingerprint density at radius 2 is 1.83 bits per heavy atom. The van der Waals surface area contributed by atoms with Gasteiger partial charge in [0.25, 0.3) is 5.69 Å². The van der Waals surface area contributed by atoms with E-state index < -0.39 is 20.5 Å². The Labute approximate surface area is 104 Å². The number of hydrogen-bond donors (Lipinski definition) is 0. The lowest BCUT2D eigenvalue weighted by atomic mass is 10.3. The van der Waals surface area contributed by atoms with Crippen LogP contribution >= 0.6 is 0 Å². The quantitative estimate of drug-likeness (QED) is 0.594. The summed E-state index contributed by atoms with van der Waals surface area (Å²) >= 11 is 0. The molecule has 0 unspecified atom stereocenters. The summed E-state index contributed by atoms with van der Waals surface area (Å²) in [5, 5.41) is 10.4. The van der Waals surface area contributed by atoms with Crippen LogP contribution in [0.2, 0.25) is 0 Å². The summed E-state index contributed by atoms with van der Waals surface area (Å²) in [5.74, 6) is -0.902. The van der Waals surface area contributed by atoms with Gasteiger partial charge in [0.2, 0.25) is 0 Å². The molecule has 0 amide bonds. The molecule has 1 fully saturated rings. The predicted octanol–water partition coefficient (Wildman–Crippen LogP) is 1.35. The van der Waals surface area contributed by atoms with Gasteiger partial charge in [-0.2, -0.15) is 0 Å². The van der Waals surface area contributed by atoms with Crippen LogP contribution in [0.15, 0.2) is 29.2 Å². The largest absolute Gasteiger partial charge is 0.298 e. The van der Waals surface area contributed by atoms with E-state index in [4.69, 9.17) is 0 Å². The number of nitrogens with zero attached hydrogens (tertiary/aromatic N) is 1. The van der Waals surface area contributed by atoms with E-state index >= 15 is 0 Å². The van der Waals surface area contributed by atoms with Crippen molar-refractivity contribution in [2.24, 2.45) is 5.92 Å². The van der Waals surface area contributed by atoms with E-state index in [1.54, 1.807) is 0 Å². The predicted molar refractivity (Wildman–Crippen MR) is 62.9 cm³/mol. The number of ketones is 1. The van der Waals surface area contributed by atoms with Crippen LogP contribution in [0, 0.1) is 16.0 Å². The Hall–Kier alpha value is -1.76. The third kappa shape index (κ3) is 2.73. The van der Waals surface area contributed by atoms with Crippen LogP contribution in [0.3, 0.4) is 0 Å². The molecule has 1 aromatic carbocycles. The zero-order valence-corrected chi connectivity index (χ0v) is 10.2. The number of nitro groups is 1. The molecule has 0 N–H and O–H groups in total. The molecule has 0 saturated heterocycles. The summed E-state index contributed by atoms with van der Waals surface area (Å²) in [7, 11) is -3.68. The molecule has 1 aromatic rings. The fraction of sp³-hybridized carbons (Fsp3) is 0.364. The second-order valence-corrected chi connectivity index (χ2v) is 6.24. The number of hydrogen-bond acceptors (Lipinski definition) is 5. The number of rotatable bonds is 5. The normalized spacial score (nSPS) is 15.3. The molecule has 0 spiro atoms. The first kappa shape index (κ1) is 12.7. The zero-order valence-electron chi connectivity index (χ0n) is 9.40. The topological polar surface area (TPSA) is 94.3 Å². The first-order valence-electron chi connectivity index (χ1n) is 5.40. The maximum Gasteiger partial charge on any atom is 0.269 e. The van der Waals surface area contributed by atoms with Crippen molar-refractivity contribution in [1.82, 2.24) is 0 Å². The van der Waals surface area contributed by atoms with Gasteiger partial charge in [0.15, 0.2) is 15.6 Å². The van der Waals surface area contributed by atoms with Crippen LogP contribution in [0.4, 0.5) is 5.69 Å². The van der Waals surface area contributed by atoms with E-state index in [2.05, 4.69) is 0 Å². The molecule has 18 heavy (non-hydrogen) atoms. The molecule has 0 bridgehead atoms. The SMILES string of the molecule is O=C(CS(=O)(=O)c1ccc([N+](=O)[O-])cc1)C1CC1. The molecule has 0 atom stereocenters. The van der Waals surface area contributed by atoms with Gasteiger partial charge < -0.3 is 0 Å². The maximum atomic E-state index is 11.9. The van der Waals surface area contributed by atoms with E-state index in [0.717, 1.165) is 37.1 Å². The monoisotopic (exact) mass is 269 g/mol. The number of benzene rings is 1. The van der Waals surface area contributed by atoms with Crippen LogP contribution < -0.4 is 0 Å². The van der Waals surface area contributed by atoms with Crippen molar-refractivity contribution in [3.05, 3.63) is 34.4 Å². The summed E-state index contributed by atoms with van der Waals surface area (Å²) in [6, 6.07) is 4.56.